The summed E-state index contributed by atoms with van der Waals surface area (Å²) in [5.41, 5.74) is 6.38. The highest BCUT2D eigenvalue weighted by atomic mass is 32.2. The molecule has 2 amide bonds. The van der Waals surface area contributed by atoms with Crippen LogP contribution in [0.25, 0.3) is 0 Å². The van der Waals surface area contributed by atoms with Gasteiger partial charge < -0.3 is 20.9 Å². The first-order chi connectivity index (χ1) is 18.2. The summed E-state index contributed by atoms with van der Waals surface area (Å²) in [4.78, 5) is 30.3. The molecule has 5 N–H and O–H groups in total. The normalized spacial score (nSPS) is 19.2. The summed E-state index contributed by atoms with van der Waals surface area (Å²) in [6.45, 7) is 2.27. The zero-order chi connectivity index (χ0) is 27.1. The summed E-state index contributed by atoms with van der Waals surface area (Å²) in [5, 5.41) is 10.6. The van der Waals surface area contributed by atoms with Crippen LogP contribution in [0.2, 0.25) is 0 Å². The second kappa shape index (κ2) is 12.4. The predicted octanol–water partition coefficient (Wildman–Crippen LogP) is 1.29. The summed E-state index contributed by atoms with van der Waals surface area (Å²) in [5.74, 6) is -0.265. The van der Waals surface area contributed by atoms with Crippen LogP contribution in [0.4, 0.5) is 0 Å². The van der Waals surface area contributed by atoms with Crippen molar-refractivity contribution in [1.29, 1.82) is 5.41 Å². The van der Waals surface area contributed by atoms with E-state index in [1.165, 1.54) is 17.0 Å². The van der Waals surface area contributed by atoms with Gasteiger partial charge in [0.1, 0.15) is 12.1 Å². The van der Waals surface area contributed by atoms with Crippen molar-refractivity contribution in [2.75, 3.05) is 26.2 Å². The van der Waals surface area contributed by atoms with Crippen LogP contribution >= 0.6 is 0 Å². The van der Waals surface area contributed by atoms with E-state index >= 15 is 0 Å². The summed E-state index contributed by atoms with van der Waals surface area (Å²) in [6.07, 6.45) is 3.03. The summed E-state index contributed by atoms with van der Waals surface area (Å²) in [6, 6.07) is 15.5. The predicted molar refractivity (Wildman–Crippen MR) is 145 cm³/mol. The van der Waals surface area contributed by atoms with Gasteiger partial charge in [-0.05, 0) is 55.7 Å². The number of hydrogen-bond acceptors (Lipinski definition) is 5. The van der Waals surface area contributed by atoms with E-state index in [0.717, 1.165) is 18.4 Å². The van der Waals surface area contributed by atoms with Crippen molar-refractivity contribution in [2.24, 2.45) is 11.7 Å². The number of nitrogens with two attached hydrogens (primary N) is 1. The molecule has 38 heavy (non-hydrogen) atoms. The molecule has 2 aliphatic heterocycles. The van der Waals surface area contributed by atoms with E-state index < -0.39 is 28.0 Å². The van der Waals surface area contributed by atoms with Crippen LogP contribution in [0, 0.1) is 11.3 Å². The molecule has 2 saturated heterocycles. The lowest BCUT2D eigenvalue weighted by molar-refractivity contribution is -0.139. The van der Waals surface area contributed by atoms with Crippen LogP contribution in [-0.4, -0.2) is 74.3 Å². The highest BCUT2D eigenvalue weighted by Gasteiger charge is 2.38. The average molecular weight is 541 g/mol. The van der Waals surface area contributed by atoms with Crippen molar-refractivity contribution < 1.29 is 18.0 Å². The molecule has 11 heteroatoms. The van der Waals surface area contributed by atoms with Crippen LogP contribution in [0.1, 0.15) is 31.2 Å². The minimum absolute atomic E-state index is 0.0699. The number of carbonyl (C=O) groups excluding carboxylic acids is 2. The first kappa shape index (κ1) is 27.6. The standard InChI is InChI=1S/C27H36N6O4S/c28-27(29)32-16-13-21(14-17-32)19-30-25(34)24-12-7-15-33(24)26(35)23(18-20-8-3-1-4-9-20)31-38(36,37)22-10-5-2-6-11-22/h1-6,8-11,21,23-24,31H,7,12-19H2,(H3,28,29)(H,30,34)/t23-,24+/m1/s1. The first-order valence-corrected chi connectivity index (χ1v) is 14.5. The van der Waals surface area contributed by atoms with E-state index in [1.54, 1.807) is 18.2 Å². The Kier molecular flexibility index (Phi) is 9.01. The van der Waals surface area contributed by atoms with Gasteiger partial charge in [-0.2, -0.15) is 4.72 Å². The Morgan fingerprint density at radius 1 is 0.974 bits per heavy atom. The second-order valence-electron chi connectivity index (χ2n) is 9.93. The molecular formula is C27H36N6O4S. The number of sulfonamides is 1. The monoisotopic (exact) mass is 540 g/mol. The summed E-state index contributed by atoms with van der Waals surface area (Å²) in [7, 11) is -3.95. The Labute approximate surface area is 224 Å². The van der Waals surface area contributed by atoms with Gasteiger partial charge >= 0.3 is 0 Å². The van der Waals surface area contributed by atoms with E-state index in [2.05, 4.69) is 10.0 Å². The quantitative estimate of drug-likeness (QED) is 0.278. The van der Waals surface area contributed by atoms with Crippen LogP contribution in [0.5, 0.6) is 0 Å². The number of amides is 2. The van der Waals surface area contributed by atoms with Gasteiger partial charge in [0.15, 0.2) is 5.96 Å². The summed E-state index contributed by atoms with van der Waals surface area (Å²) < 4.78 is 28.9. The third-order valence-electron chi connectivity index (χ3n) is 7.29. The number of piperidine rings is 1. The molecule has 10 nitrogen and oxygen atoms in total. The van der Waals surface area contributed by atoms with Crippen molar-refractivity contribution >= 4 is 27.8 Å². The summed E-state index contributed by atoms with van der Waals surface area (Å²) >= 11 is 0. The van der Waals surface area contributed by atoms with Gasteiger partial charge in [-0.15, -0.1) is 0 Å². The Balaban J connectivity index is 1.44. The topological polar surface area (TPSA) is 149 Å². The second-order valence-corrected chi connectivity index (χ2v) is 11.6. The maximum Gasteiger partial charge on any atom is 0.242 e. The zero-order valence-electron chi connectivity index (χ0n) is 21.4. The largest absolute Gasteiger partial charge is 0.370 e. The number of likely N-dealkylation sites (tertiary alicyclic amines) is 2. The number of carbonyl (C=O) groups is 2. The van der Waals surface area contributed by atoms with Crippen LogP contribution in [-0.2, 0) is 26.0 Å². The number of nitrogens with zero attached hydrogens (tertiary/aromatic N) is 2. The lowest BCUT2D eigenvalue weighted by Gasteiger charge is -2.33. The molecule has 0 unspecified atom stereocenters. The number of hydrogen-bond donors (Lipinski definition) is 4. The molecule has 2 heterocycles. The number of benzene rings is 2. The van der Waals surface area contributed by atoms with Gasteiger partial charge in [0.05, 0.1) is 4.90 Å². The Morgan fingerprint density at radius 3 is 2.24 bits per heavy atom. The molecule has 2 aliphatic rings. The molecule has 2 atom stereocenters. The smallest absolute Gasteiger partial charge is 0.242 e. The van der Waals surface area contributed by atoms with Crippen molar-refractivity contribution in [3.63, 3.8) is 0 Å². The molecule has 0 radical (unpaired) electrons. The van der Waals surface area contributed by atoms with Gasteiger partial charge in [-0.3, -0.25) is 15.0 Å². The number of nitrogens with one attached hydrogen (secondary N) is 3. The van der Waals surface area contributed by atoms with E-state index in [9.17, 15) is 18.0 Å². The minimum atomic E-state index is -3.95. The molecule has 0 bridgehead atoms. The van der Waals surface area contributed by atoms with Gasteiger partial charge in [-0.1, -0.05) is 48.5 Å². The van der Waals surface area contributed by atoms with Crippen LogP contribution in [0.3, 0.4) is 0 Å². The molecular weight excluding hydrogens is 504 g/mol. The number of rotatable bonds is 9. The van der Waals surface area contributed by atoms with Crippen LogP contribution in [0.15, 0.2) is 65.6 Å². The molecule has 2 aromatic rings. The highest BCUT2D eigenvalue weighted by Crippen LogP contribution is 2.22. The molecule has 0 aromatic heterocycles. The molecule has 0 saturated carbocycles. The fourth-order valence-electron chi connectivity index (χ4n) is 5.13. The van der Waals surface area contributed by atoms with Crippen molar-refractivity contribution in [3.05, 3.63) is 66.2 Å². The van der Waals surface area contributed by atoms with Gasteiger partial charge in [0.25, 0.3) is 0 Å². The zero-order valence-corrected chi connectivity index (χ0v) is 22.2. The molecule has 0 spiro atoms. The van der Waals surface area contributed by atoms with Crippen molar-refractivity contribution in [3.8, 4) is 0 Å². The Bertz CT molecular complexity index is 1220. The molecule has 4 rings (SSSR count). The first-order valence-electron chi connectivity index (χ1n) is 13.0. The van der Waals surface area contributed by atoms with E-state index in [1.807, 2.05) is 35.2 Å². The minimum Gasteiger partial charge on any atom is -0.370 e. The lowest BCUT2D eigenvalue weighted by Crippen LogP contribution is -2.54. The average Bonchev–Trinajstić information content (AvgIpc) is 3.42. The van der Waals surface area contributed by atoms with Gasteiger partial charge in [-0.25, -0.2) is 8.42 Å². The Hall–Kier alpha value is -3.44. The molecule has 0 aliphatic carbocycles. The van der Waals surface area contributed by atoms with E-state index in [0.29, 0.717) is 39.0 Å². The molecule has 2 aromatic carbocycles. The molecule has 2 fully saturated rings. The van der Waals surface area contributed by atoms with Gasteiger partial charge in [0.2, 0.25) is 21.8 Å². The fourth-order valence-corrected chi connectivity index (χ4v) is 6.34. The fraction of sp³-hybridized carbons (Fsp3) is 0.444. The molecule has 204 valence electrons. The SMILES string of the molecule is N=C(N)N1CCC(CNC(=O)[C@@H]2CCCN2C(=O)[C@@H](Cc2ccccc2)NS(=O)(=O)c2ccccc2)CC1. The highest BCUT2D eigenvalue weighted by molar-refractivity contribution is 7.89. The van der Waals surface area contributed by atoms with Crippen LogP contribution < -0.4 is 15.8 Å². The third kappa shape index (κ3) is 6.90. The lowest BCUT2D eigenvalue weighted by atomic mass is 9.97. The van der Waals surface area contributed by atoms with Crippen molar-refractivity contribution in [2.45, 2.75) is 49.1 Å². The van der Waals surface area contributed by atoms with E-state index in [-0.39, 0.29) is 29.1 Å². The van der Waals surface area contributed by atoms with E-state index in [4.69, 9.17) is 11.1 Å². The maximum absolute atomic E-state index is 13.8. The van der Waals surface area contributed by atoms with Crippen molar-refractivity contribution in [1.82, 2.24) is 19.8 Å². The Morgan fingerprint density at radius 2 is 1.61 bits per heavy atom. The van der Waals surface area contributed by atoms with Gasteiger partial charge in [0, 0.05) is 26.2 Å². The number of guanidine groups is 1. The third-order valence-corrected chi connectivity index (χ3v) is 8.78. The maximum atomic E-state index is 13.8.